The Hall–Kier alpha value is -1.37. The van der Waals surface area contributed by atoms with Gasteiger partial charge in [-0.1, -0.05) is 0 Å². The molecule has 20 heavy (non-hydrogen) atoms. The van der Waals surface area contributed by atoms with Gasteiger partial charge in [0.1, 0.15) is 18.3 Å². The lowest BCUT2D eigenvalue weighted by Crippen LogP contribution is -2.44. The van der Waals surface area contributed by atoms with Gasteiger partial charge in [0.25, 0.3) is 0 Å². The van der Waals surface area contributed by atoms with Gasteiger partial charge in [0.15, 0.2) is 0 Å². The monoisotopic (exact) mass is 291 g/mol. The molecule has 0 aromatic carbocycles. The number of rotatable bonds is 4. The van der Waals surface area contributed by atoms with Crippen LogP contribution in [0.1, 0.15) is 27.2 Å². The Balaban J connectivity index is 2.73. The first-order valence-corrected chi connectivity index (χ1v) is 6.53. The third kappa shape index (κ3) is 4.63. The summed E-state index contributed by atoms with van der Waals surface area (Å²) in [6.45, 7) is 4.75. The zero-order valence-corrected chi connectivity index (χ0v) is 12.3. The second-order valence-electron chi connectivity index (χ2n) is 5.59. The molecule has 1 rings (SSSR count). The lowest BCUT2D eigenvalue weighted by Gasteiger charge is -2.27. The minimum Gasteiger partial charge on any atom is -0.467 e. The van der Waals surface area contributed by atoms with Gasteiger partial charge < -0.3 is 14.2 Å². The average molecular weight is 291 g/mol. The van der Waals surface area contributed by atoms with E-state index in [0.29, 0.717) is 0 Å². The number of carbonyl (C=O) groups excluding carboxylic acids is 2. The summed E-state index contributed by atoms with van der Waals surface area (Å²) in [5, 5.41) is 0. The lowest BCUT2D eigenvalue weighted by atomic mass is 10.2. The molecule has 0 aromatic heterocycles. The van der Waals surface area contributed by atoms with Gasteiger partial charge in [-0.05, 0) is 20.8 Å². The molecule has 0 aromatic rings. The Morgan fingerprint density at radius 1 is 1.35 bits per heavy atom. The zero-order chi connectivity index (χ0) is 15.3. The van der Waals surface area contributed by atoms with E-state index in [-0.39, 0.29) is 25.7 Å². The van der Waals surface area contributed by atoms with E-state index in [0.717, 1.165) is 0 Å². The molecule has 1 saturated heterocycles. The maximum Gasteiger partial charge on any atom is 0.411 e. The second kappa shape index (κ2) is 6.88. The summed E-state index contributed by atoms with van der Waals surface area (Å²) in [6.07, 6.45) is -0.701. The van der Waals surface area contributed by atoms with Crippen LogP contribution in [0.3, 0.4) is 0 Å². The molecule has 1 aliphatic heterocycles. The van der Waals surface area contributed by atoms with Crippen molar-refractivity contribution >= 4 is 12.1 Å². The Bertz CT molecular complexity index is 355. The fraction of sp³-hybridized carbons (Fsp3) is 0.846. The molecule has 7 heteroatoms. The summed E-state index contributed by atoms with van der Waals surface area (Å²) in [6, 6.07) is -0.750. The van der Waals surface area contributed by atoms with Crippen molar-refractivity contribution in [3.63, 3.8) is 0 Å². The molecule has 2 unspecified atom stereocenters. The summed E-state index contributed by atoms with van der Waals surface area (Å²) in [5.74, 6) is -0.526. The molecular weight excluding hydrogens is 269 g/mol. The van der Waals surface area contributed by atoms with Gasteiger partial charge in [-0.25, -0.2) is 14.0 Å². The molecule has 0 radical (unpaired) electrons. The van der Waals surface area contributed by atoms with Crippen LogP contribution in [0.5, 0.6) is 0 Å². The van der Waals surface area contributed by atoms with Gasteiger partial charge in [-0.2, -0.15) is 0 Å². The van der Waals surface area contributed by atoms with Crippen LogP contribution < -0.4 is 0 Å². The highest BCUT2D eigenvalue weighted by Gasteiger charge is 2.42. The van der Waals surface area contributed by atoms with Crippen molar-refractivity contribution in [2.75, 3.05) is 26.9 Å². The Morgan fingerprint density at radius 2 is 2.00 bits per heavy atom. The smallest absolute Gasteiger partial charge is 0.411 e. The Kier molecular flexibility index (Phi) is 5.74. The molecule has 6 nitrogen and oxygen atoms in total. The topological polar surface area (TPSA) is 65.1 Å². The van der Waals surface area contributed by atoms with Gasteiger partial charge >= 0.3 is 12.1 Å². The number of hydrogen-bond acceptors (Lipinski definition) is 5. The maximum atomic E-state index is 12.1. The minimum absolute atomic E-state index is 0.0548. The van der Waals surface area contributed by atoms with Gasteiger partial charge in [-0.3, -0.25) is 4.90 Å². The molecule has 0 bridgehead atoms. The molecule has 0 N–H and O–H groups in total. The fourth-order valence-corrected chi connectivity index (χ4v) is 2.01. The van der Waals surface area contributed by atoms with Crippen LogP contribution in [0.15, 0.2) is 0 Å². The summed E-state index contributed by atoms with van der Waals surface area (Å²) in [7, 11) is 1.26. The number of likely N-dealkylation sites (tertiary alicyclic amines) is 1. The normalized spacial score (nSPS) is 22.8. The molecule has 2 atom stereocenters. The first-order chi connectivity index (χ1) is 9.28. The van der Waals surface area contributed by atoms with E-state index >= 15 is 0 Å². The van der Waals surface area contributed by atoms with E-state index < -0.39 is 30.4 Å². The Morgan fingerprint density at radius 3 is 2.50 bits per heavy atom. The minimum atomic E-state index is -0.750. The summed E-state index contributed by atoms with van der Waals surface area (Å²) in [4.78, 5) is 25.1. The highest BCUT2D eigenvalue weighted by molar-refractivity contribution is 5.82. The van der Waals surface area contributed by atoms with Crippen LogP contribution in [0.2, 0.25) is 0 Å². The Labute approximate surface area is 118 Å². The van der Waals surface area contributed by atoms with Crippen molar-refractivity contribution in [1.29, 1.82) is 0 Å². The van der Waals surface area contributed by atoms with Crippen LogP contribution in [0.25, 0.3) is 0 Å². The highest BCUT2D eigenvalue weighted by Crippen LogP contribution is 2.24. The summed E-state index contributed by atoms with van der Waals surface area (Å²) < 4.78 is 27.3. The van der Waals surface area contributed by atoms with E-state index in [2.05, 4.69) is 4.74 Å². The summed E-state index contributed by atoms with van der Waals surface area (Å²) >= 11 is 0. The van der Waals surface area contributed by atoms with Crippen molar-refractivity contribution in [2.45, 2.75) is 44.9 Å². The zero-order valence-electron chi connectivity index (χ0n) is 12.3. The largest absolute Gasteiger partial charge is 0.467 e. The van der Waals surface area contributed by atoms with Gasteiger partial charge in [0.05, 0.1) is 26.4 Å². The van der Waals surface area contributed by atoms with Crippen LogP contribution in [0.4, 0.5) is 9.18 Å². The van der Waals surface area contributed by atoms with Crippen LogP contribution in [-0.4, -0.2) is 61.6 Å². The van der Waals surface area contributed by atoms with Gasteiger partial charge in [0.2, 0.25) is 0 Å². The molecule has 0 saturated carbocycles. The van der Waals surface area contributed by atoms with Crippen molar-refractivity contribution in [3.05, 3.63) is 0 Å². The quantitative estimate of drug-likeness (QED) is 0.735. The number of amides is 1. The maximum absolute atomic E-state index is 12.1. The molecular formula is C13H22FNO5. The first kappa shape index (κ1) is 16.7. The molecule has 0 aliphatic carbocycles. The third-order valence-electron chi connectivity index (χ3n) is 2.79. The van der Waals surface area contributed by atoms with E-state index in [9.17, 15) is 14.0 Å². The predicted octanol–water partition coefficient (Wildman–Crippen LogP) is 1.52. The summed E-state index contributed by atoms with van der Waals surface area (Å²) in [5.41, 5.74) is -0.657. The molecule has 0 spiro atoms. The van der Waals surface area contributed by atoms with E-state index in [1.54, 1.807) is 20.8 Å². The van der Waals surface area contributed by atoms with Crippen LogP contribution in [0, 0.1) is 0 Å². The third-order valence-corrected chi connectivity index (χ3v) is 2.79. The number of halogens is 1. The van der Waals surface area contributed by atoms with E-state index in [1.807, 2.05) is 0 Å². The standard InChI is InChI=1S/C13H22FNO5/c1-13(2,3)20-12(17)15-8-9(19-6-5-14)7-10(15)11(16)18-4/h9-10H,5-8H2,1-4H3. The average Bonchev–Trinajstić information content (AvgIpc) is 2.77. The van der Waals surface area contributed by atoms with Crippen molar-refractivity contribution < 1.29 is 28.2 Å². The molecule has 116 valence electrons. The molecule has 1 amide bonds. The second-order valence-corrected chi connectivity index (χ2v) is 5.59. The molecule has 1 heterocycles. The van der Waals surface area contributed by atoms with E-state index in [4.69, 9.17) is 9.47 Å². The number of carbonyl (C=O) groups is 2. The first-order valence-electron chi connectivity index (χ1n) is 6.53. The van der Waals surface area contributed by atoms with Crippen LogP contribution in [-0.2, 0) is 19.0 Å². The lowest BCUT2D eigenvalue weighted by molar-refractivity contribution is -0.145. The number of methoxy groups -OCH3 is 1. The SMILES string of the molecule is COC(=O)C1CC(OCCF)CN1C(=O)OC(C)(C)C. The van der Waals surface area contributed by atoms with Crippen LogP contribution >= 0.6 is 0 Å². The molecule has 1 fully saturated rings. The van der Waals surface area contributed by atoms with Gasteiger partial charge in [0, 0.05) is 6.42 Å². The van der Waals surface area contributed by atoms with Crippen molar-refractivity contribution in [2.24, 2.45) is 0 Å². The van der Waals surface area contributed by atoms with Crippen molar-refractivity contribution in [1.82, 2.24) is 4.90 Å². The predicted molar refractivity (Wildman–Crippen MR) is 69.1 cm³/mol. The number of alkyl halides is 1. The number of nitrogens with zero attached hydrogens (tertiary/aromatic N) is 1. The van der Waals surface area contributed by atoms with Crippen molar-refractivity contribution in [3.8, 4) is 0 Å². The van der Waals surface area contributed by atoms with Gasteiger partial charge in [-0.15, -0.1) is 0 Å². The fourth-order valence-electron chi connectivity index (χ4n) is 2.01. The molecule has 1 aliphatic rings. The number of hydrogen-bond donors (Lipinski definition) is 0. The highest BCUT2D eigenvalue weighted by atomic mass is 19.1. The van der Waals surface area contributed by atoms with E-state index in [1.165, 1.54) is 12.0 Å². The number of ether oxygens (including phenoxy) is 3. The number of esters is 1.